The van der Waals surface area contributed by atoms with Crippen molar-refractivity contribution in [3.05, 3.63) is 35.9 Å². The fraction of sp³-hybridized carbons (Fsp3) is 0.667. The minimum atomic E-state index is 0.348. The maximum Gasteiger partial charge on any atom is 0.0303 e. The lowest BCUT2D eigenvalue weighted by atomic mass is 9.92. The number of hydrogen-bond donors (Lipinski definition) is 1. The van der Waals surface area contributed by atoms with E-state index >= 15 is 0 Å². The van der Waals surface area contributed by atoms with Crippen LogP contribution in [0.25, 0.3) is 0 Å². The van der Waals surface area contributed by atoms with Crippen molar-refractivity contribution in [1.82, 2.24) is 10.2 Å². The first kappa shape index (κ1) is 14.1. The molecule has 20 heavy (non-hydrogen) atoms. The molecule has 0 aromatic heterocycles. The molecule has 0 spiro atoms. The third-order valence-electron chi connectivity index (χ3n) is 5.43. The van der Waals surface area contributed by atoms with Crippen LogP contribution < -0.4 is 5.32 Å². The van der Waals surface area contributed by atoms with Crippen LogP contribution in [0.15, 0.2) is 30.3 Å². The molecule has 1 aliphatic heterocycles. The van der Waals surface area contributed by atoms with E-state index < -0.39 is 0 Å². The molecule has 1 aliphatic carbocycles. The summed E-state index contributed by atoms with van der Waals surface area (Å²) in [6, 6.07) is 11.9. The van der Waals surface area contributed by atoms with Gasteiger partial charge in [-0.1, -0.05) is 44.2 Å². The summed E-state index contributed by atoms with van der Waals surface area (Å²) in [6.07, 6.45) is 5.12. The van der Waals surface area contributed by atoms with Crippen LogP contribution >= 0.6 is 0 Å². The van der Waals surface area contributed by atoms with Gasteiger partial charge in [-0.3, -0.25) is 4.90 Å². The van der Waals surface area contributed by atoms with Gasteiger partial charge in [0, 0.05) is 24.0 Å². The van der Waals surface area contributed by atoms with Crippen molar-refractivity contribution < 1.29 is 0 Å². The lowest BCUT2D eigenvalue weighted by molar-refractivity contribution is 0.188. The molecular formula is C18H28N2. The summed E-state index contributed by atoms with van der Waals surface area (Å²) >= 11 is 0. The average molecular weight is 272 g/mol. The second-order valence-electron chi connectivity index (χ2n) is 6.56. The summed E-state index contributed by atoms with van der Waals surface area (Å²) in [5.41, 5.74) is 1.88. The molecule has 110 valence electrons. The highest BCUT2D eigenvalue weighted by Crippen LogP contribution is 2.45. The van der Waals surface area contributed by atoms with Crippen molar-refractivity contribution >= 4 is 0 Å². The first-order chi connectivity index (χ1) is 9.78. The maximum absolute atomic E-state index is 3.82. The molecule has 1 aromatic rings. The molecule has 2 fully saturated rings. The number of nitrogens with one attached hydrogen (secondary N) is 1. The van der Waals surface area contributed by atoms with Gasteiger partial charge in [0.05, 0.1) is 0 Å². The van der Waals surface area contributed by atoms with E-state index in [2.05, 4.69) is 54.4 Å². The fourth-order valence-electron chi connectivity index (χ4n) is 3.81. The minimum absolute atomic E-state index is 0.348. The van der Waals surface area contributed by atoms with Gasteiger partial charge < -0.3 is 5.32 Å². The molecule has 1 aromatic carbocycles. The third-order valence-corrected chi connectivity index (χ3v) is 5.43. The Morgan fingerprint density at radius 3 is 2.65 bits per heavy atom. The topological polar surface area (TPSA) is 15.3 Å². The Kier molecular flexibility index (Phi) is 4.13. The van der Waals surface area contributed by atoms with E-state index in [1.165, 1.54) is 50.9 Å². The third kappa shape index (κ3) is 2.77. The molecule has 0 amide bonds. The molecule has 2 aliphatic rings. The van der Waals surface area contributed by atoms with E-state index in [0.717, 1.165) is 12.0 Å². The summed E-state index contributed by atoms with van der Waals surface area (Å²) < 4.78 is 0. The highest BCUT2D eigenvalue weighted by atomic mass is 15.2. The Balaban J connectivity index is 1.68. The first-order valence-electron chi connectivity index (χ1n) is 8.32. The van der Waals surface area contributed by atoms with Crippen LogP contribution in [0.3, 0.4) is 0 Å². The monoisotopic (exact) mass is 272 g/mol. The predicted molar refractivity (Wildman–Crippen MR) is 85.1 cm³/mol. The van der Waals surface area contributed by atoms with E-state index in [-0.39, 0.29) is 0 Å². The van der Waals surface area contributed by atoms with E-state index in [1.807, 2.05) is 0 Å². The van der Waals surface area contributed by atoms with Gasteiger partial charge in [0.2, 0.25) is 0 Å². The van der Waals surface area contributed by atoms with Crippen molar-refractivity contribution in [1.29, 1.82) is 0 Å². The van der Waals surface area contributed by atoms with Crippen LogP contribution in [0, 0.1) is 0 Å². The van der Waals surface area contributed by atoms with Crippen LogP contribution in [-0.2, 0) is 0 Å². The second-order valence-corrected chi connectivity index (χ2v) is 6.56. The molecule has 0 radical (unpaired) electrons. The normalized spacial score (nSPS) is 29.9. The van der Waals surface area contributed by atoms with Gasteiger partial charge in [-0.25, -0.2) is 0 Å². The van der Waals surface area contributed by atoms with Gasteiger partial charge in [-0.15, -0.1) is 0 Å². The van der Waals surface area contributed by atoms with Gasteiger partial charge in [-0.05, 0) is 44.3 Å². The Bertz CT molecular complexity index is 424. The largest absolute Gasteiger partial charge is 0.310 e. The lowest BCUT2D eigenvalue weighted by Crippen LogP contribution is -2.51. The second kappa shape index (κ2) is 5.87. The van der Waals surface area contributed by atoms with Crippen LogP contribution in [0.4, 0.5) is 0 Å². The SMILES string of the molecule is CCC1(CC)CN(C2CC2c2ccccc2)CCCN1. The zero-order valence-electron chi connectivity index (χ0n) is 12.9. The molecule has 3 rings (SSSR count). The fourth-order valence-corrected chi connectivity index (χ4v) is 3.81. The van der Waals surface area contributed by atoms with E-state index in [9.17, 15) is 0 Å². The Morgan fingerprint density at radius 1 is 1.20 bits per heavy atom. The van der Waals surface area contributed by atoms with E-state index in [0.29, 0.717) is 5.54 Å². The summed E-state index contributed by atoms with van der Waals surface area (Å²) in [4.78, 5) is 2.77. The summed E-state index contributed by atoms with van der Waals surface area (Å²) in [5, 5.41) is 3.82. The molecule has 2 heteroatoms. The highest BCUT2D eigenvalue weighted by molar-refractivity contribution is 5.28. The van der Waals surface area contributed by atoms with E-state index in [1.54, 1.807) is 0 Å². The molecular weight excluding hydrogens is 244 g/mol. The molecule has 2 nitrogen and oxygen atoms in total. The van der Waals surface area contributed by atoms with Gasteiger partial charge in [0.25, 0.3) is 0 Å². The predicted octanol–water partition coefficient (Wildman–Crippen LogP) is 3.40. The van der Waals surface area contributed by atoms with Gasteiger partial charge in [0.15, 0.2) is 0 Å². The molecule has 1 heterocycles. The van der Waals surface area contributed by atoms with Crippen molar-refractivity contribution in [3.8, 4) is 0 Å². The highest BCUT2D eigenvalue weighted by Gasteiger charge is 2.45. The summed E-state index contributed by atoms with van der Waals surface area (Å²) in [5.74, 6) is 0.778. The minimum Gasteiger partial charge on any atom is -0.310 e. The van der Waals surface area contributed by atoms with Gasteiger partial charge in [0.1, 0.15) is 0 Å². The quantitative estimate of drug-likeness (QED) is 0.904. The molecule has 2 atom stereocenters. The van der Waals surface area contributed by atoms with Crippen LogP contribution in [0.2, 0.25) is 0 Å². The van der Waals surface area contributed by atoms with Crippen molar-refractivity contribution in [3.63, 3.8) is 0 Å². The Labute approximate surface area is 123 Å². The molecule has 0 bridgehead atoms. The molecule has 1 saturated carbocycles. The van der Waals surface area contributed by atoms with Gasteiger partial charge in [-0.2, -0.15) is 0 Å². The zero-order valence-corrected chi connectivity index (χ0v) is 12.9. The number of rotatable bonds is 4. The lowest BCUT2D eigenvalue weighted by Gasteiger charge is -2.35. The maximum atomic E-state index is 3.82. The van der Waals surface area contributed by atoms with Crippen LogP contribution in [0.5, 0.6) is 0 Å². The zero-order chi connectivity index (χ0) is 14.0. The van der Waals surface area contributed by atoms with E-state index in [4.69, 9.17) is 0 Å². The average Bonchev–Trinajstić information content (AvgIpc) is 3.31. The number of hydrogen-bond acceptors (Lipinski definition) is 2. The molecule has 1 saturated heterocycles. The smallest absolute Gasteiger partial charge is 0.0303 e. The summed E-state index contributed by atoms with van der Waals surface area (Å²) in [6.45, 7) is 8.35. The molecule has 2 unspecified atom stereocenters. The van der Waals surface area contributed by atoms with Gasteiger partial charge >= 0.3 is 0 Å². The standard InChI is InChI=1S/C18H28N2/c1-3-18(4-2)14-20(12-8-11-19-18)17-13-16(17)15-9-6-5-7-10-15/h5-7,9-10,16-17,19H,3-4,8,11-14H2,1-2H3. The summed E-state index contributed by atoms with van der Waals surface area (Å²) in [7, 11) is 0. The van der Waals surface area contributed by atoms with Crippen molar-refractivity contribution in [2.45, 2.75) is 57.0 Å². The molecule has 1 N–H and O–H groups in total. The van der Waals surface area contributed by atoms with Crippen LogP contribution in [-0.4, -0.2) is 36.1 Å². The van der Waals surface area contributed by atoms with Crippen molar-refractivity contribution in [2.75, 3.05) is 19.6 Å². The van der Waals surface area contributed by atoms with Crippen molar-refractivity contribution in [2.24, 2.45) is 0 Å². The Morgan fingerprint density at radius 2 is 1.95 bits per heavy atom. The first-order valence-corrected chi connectivity index (χ1v) is 8.32. The number of nitrogens with zero attached hydrogens (tertiary/aromatic N) is 1. The number of benzene rings is 1. The van der Waals surface area contributed by atoms with Crippen LogP contribution in [0.1, 0.15) is 51.0 Å². The Hall–Kier alpha value is -0.860.